The lowest BCUT2D eigenvalue weighted by Gasteiger charge is -2.21. The predicted molar refractivity (Wildman–Crippen MR) is 67.4 cm³/mol. The molecule has 0 spiro atoms. The van der Waals surface area contributed by atoms with Gasteiger partial charge in [0.15, 0.2) is 0 Å². The van der Waals surface area contributed by atoms with Crippen molar-refractivity contribution in [2.45, 2.75) is 39.5 Å². The Morgan fingerprint density at radius 1 is 1.24 bits per heavy atom. The molecule has 1 rings (SSSR count). The summed E-state index contributed by atoms with van der Waals surface area (Å²) in [5.74, 6) is -0.353. The predicted octanol–water partition coefficient (Wildman–Crippen LogP) is 1.56. The van der Waals surface area contributed by atoms with Crippen molar-refractivity contribution in [2.75, 3.05) is 0 Å². The Morgan fingerprint density at radius 2 is 1.88 bits per heavy atom. The first-order chi connectivity index (χ1) is 7.89. The van der Waals surface area contributed by atoms with Crippen LogP contribution in [0.2, 0.25) is 0 Å². The molecule has 0 atom stereocenters. The molecule has 0 amide bonds. The van der Waals surface area contributed by atoms with E-state index in [-0.39, 0.29) is 12.5 Å². The third-order valence-corrected chi connectivity index (χ3v) is 2.32. The Hall–Kier alpha value is -1.39. The highest BCUT2D eigenvalue weighted by Crippen LogP contribution is 2.18. The van der Waals surface area contributed by atoms with Gasteiger partial charge in [-0.25, -0.2) is 4.79 Å². The standard InChI is InChI=1S/C13H20N2O2/c1-13(2,3)17-12(16)10-6-4-5-9(7-14)11(10)8-15/h4-6H,7-8,14-15H2,1-3H3. The summed E-state index contributed by atoms with van der Waals surface area (Å²) < 4.78 is 5.33. The summed E-state index contributed by atoms with van der Waals surface area (Å²) in [7, 11) is 0. The molecule has 0 fully saturated rings. The Kier molecular flexibility index (Phi) is 4.26. The Balaban J connectivity index is 3.09. The largest absolute Gasteiger partial charge is 0.456 e. The zero-order valence-electron chi connectivity index (χ0n) is 10.6. The first kappa shape index (κ1) is 13.7. The van der Waals surface area contributed by atoms with Gasteiger partial charge < -0.3 is 16.2 Å². The maximum absolute atomic E-state index is 12.0. The van der Waals surface area contributed by atoms with Crippen LogP contribution in [0.25, 0.3) is 0 Å². The van der Waals surface area contributed by atoms with Gasteiger partial charge in [-0.15, -0.1) is 0 Å². The van der Waals surface area contributed by atoms with Crippen LogP contribution < -0.4 is 11.5 Å². The van der Waals surface area contributed by atoms with Crippen LogP contribution in [0.1, 0.15) is 42.3 Å². The van der Waals surface area contributed by atoms with E-state index < -0.39 is 5.60 Å². The molecular formula is C13H20N2O2. The molecule has 0 unspecified atom stereocenters. The normalized spacial score (nSPS) is 11.4. The molecule has 0 saturated heterocycles. The number of ether oxygens (including phenoxy) is 1. The fourth-order valence-electron chi connectivity index (χ4n) is 1.59. The number of esters is 1. The smallest absolute Gasteiger partial charge is 0.338 e. The third kappa shape index (κ3) is 3.54. The van der Waals surface area contributed by atoms with Gasteiger partial charge in [-0.05, 0) is 38.0 Å². The van der Waals surface area contributed by atoms with E-state index in [1.165, 1.54) is 0 Å². The molecule has 1 aromatic carbocycles. The molecule has 0 aliphatic heterocycles. The van der Waals surface area contributed by atoms with Gasteiger partial charge in [0.25, 0.3) is 0 Å². The van der Waals surface area contributed by atoms with E-state index in [1.54, 1.807) is 12.1 Å². The summed E-state index contributed by atoms with van der Waals surface area (Å²) >= 11 is 0. The molecule has 0 saturated carbocycles. The van der Waals surface area contributed by atoms with Gasteiger partial charge in [-0.1, -0.05) is 12.1 Å². The van der Waals surface area contributed by atoms with E-state index >= 15 is 0 Å². The molecule has 0 radical (unpaired) electrons. The van der Waals surface area contributed by atoms with Crippen molar-refractivity contribution in [2.24, 2.45) is 11.5 Å². The molecule has 0 aliphatic rings. The Bertz CT molecular complexity index is 408. The summed E-state index contributed by atoms with van der Waals surface area (Å²) in [5, 5.41) is 0. The zero-order chi connectivity index (χ0) is 13.1. The minimum absolute atomic E-state index is 0.280. The van der Waals surface area contributed by atoms with Crippen molar-refractivity contribution in [1.82, 2.24) is 0 Å². The number of nitrogens with two attached hydrogens (primary N) is 2. The van der Waals surface area contributed by atoms with Crippen molar-refractivity contribution >= 4 is 5.97 Å². The van der Waals surface area contributed by atoms with Crippen molar-refractivity contribution in [3.05, 3.63) is 34.9 Å². The summed E-state index contributed by atoms with van der Waals surface area (Å²) in [6, 6.07) is 5.38. The minimum Gasteiger partial charge on any atom is -0.456 e. The molecule has 1 aromatic rings. The molecule has 4 heteroatoms. The molecular weight excluding hydrogens is 216 g/mol. The fraction of sp³-hybridized carbons (Fsp3) is 0.462. The van der Waals surface area contributed by atoms with Crippen LogP contribution >= 0.6 is 0 Å². The average Bonchev–Trinajstić information content (AvgIpc) is 2.25. The van der Waals surface area contributed by atoms with Gasteiger partial charge in [0.05, 0.1) is 5.56 Å². The number of rotatable bonds is 3. The molecule has 4 N–H and O–H groups in total. The van der Waals surface area contributed by atoms with Crippen LogP contribution in [0.4, 0.5) is 0 Å². The van der Waals surface area contributed by atoms with Crippen molar-refractivity contribution in [1.29, 1.82) is 0 Å². The first-order valence-corrected chi connectivity index (χ1v) is 5.63. The van der Waals surface area contributed by atoms with Crippen LogP contribution in [0.5, 0.6) is 0 Å². The molecule has 94 valence electrons. The Labute approximate surface area is 102 Å². The van der Waals surface area contributed by atoms with Crippen LogP contribution in [0.15, 0.2) is 18.2 Å². The summed E-state index contributed by atoms with van der Waals surface area (Å²) in [6.07, 6.45) is 0. The van der Waals surface area contributed by atoms with E-state index in [2.05, 4.69) is 0 Å². The third-order valence-electron chi connectivity index (χ3n) is 2.32. The second-order valence-corrected chi connectivity index (χ2v) is 4.85. The topological polar surface area (TPSA) is 78.3 Å². The quantitative estimate of drug-likeness (QED) is 0.781. The lowest BCUT2D eigenvalue weighted by atomic mass is 10.0. The van der Waals surface area contributed by atoms with E-state index in [1.807, 2.05) is 26.8 Å². The lowest BCUT2D eigenvalue weighted by Crippen LogP contribution is -2.25. The Morgan fingerprint density at radius 3 is 2.35 bits per heavy atom. The number of benzene rings is 1. The fourth-order valence-corrected chi connectivity index (χ4v) is 1.59. The maximum Gasteiger partial charge on any atom is 0.338 e. The van der Waals surface area contributed by atoms with Gasteiger partial charge in [0.2, 0.25) is 0 Å². The van der Waals surface area contributed by atoms with Crippen molar-refractivity contribution in [3.8, 4) is 0 Å². The van der Waals surface area contributed by atoms with Gasteiger partial charge in [0, 0.05) is 13.1 Å². The molecule has 0 bridgehead atoms. The highest BCUT2D eigenvalue weighted by molar-refractivity contribution is 5.91. The molecule has 4 nitrogen and oxygen atoms in total. The lowest BCUT2D eigenvalue weighted by molar-refractivity contribution is 0.00682. The molecule has 17 heavy (non-hydrogen) atoms. The summed E-state index contributed by atoms with van der Waals surface area (Å²) in [6.45, 7) is 6.14. The first-order valence-electron chi connectivity index (χ1n) is 5.63. The highest BCUT2D eigenvalue weighted by atomic mass is 16.6. The number of carbonyl (C=O) groups excluding carboxylic acids is 1. The van der Waals surface area contributed by atoms with Crippen LogP contribution in [0, 0.1) is 0 Å². The highest BCUT2D eigenvalue weighted by Gasteiger charge is 2.20. The van der Waals surface area contributed by atoms with Crippen molar-refractivity contribution < 1.29 is 9.53 Å². The number of carbonyl (C=O) groups is 1. The van der Waals surface area contributed by atoms with Crippen LogP contribution in [0.3, 0.4) is 0 Å². The van der Waals surface area contributed by atoms with Gasteiger partial charge >= 0.3 is 5.97 Å². The zero-order valence-corrected chi connectivity index (χ0v) is 10.6. The molecule has 0 aliphatic carbocycles. The van der Waals surface area contributed by atoms with E-state index in [0.717, 1.165) is 11.1 Å². The summed E-state index contributed by atoms with van der Waals surface area (Å²) in [5.41, 5.74) is 12.9. The monoisotopic (exact) mass is 236 g/mol. The van der Waals surface area contributed by atoms with Gasteiger partial charge in [0.1, 0.15) is 5.60 Å². The summed E-state index contributed by atoms with van der Waals surface area (Å²) in [4.78, 5) is 12.0. The SMILES string of the molecule is CC(C)(C)OC(=O)c1cccc(CN)c1CN. The van der Waals surface area contributed by atoms with E-state index in [9.17, 15) is 4.79 Å². The van der Waals surface area contributed by atoms with Gasteiger partial charge in [-0.3, -0.25) is 0 Å². The van der Waals surface area contributed by atoms with Crippen LogP contribution in [-0.2, 0) is 17.8 Å². The molecule has 0 heterocycles. The van der Waals surface area contributed by atoms with E-state index in [4.69, 9.17) is 16.2 Å². The minimum atomic E-state index is -0.512. The second-order valence-electron chi connectivity index (χ2n) is 4.85. The van der Waals surface area contributed by atoms with Crippen molar-refractivity contribution in [3.63, 3.8) is 0 Å². The van der Waals surface area contributed by atoms with Gasteiger partial charge in [-0.2, -0.15) is 0 Å². The van der Waals surface area contributed by atoms with Crippen LogP contribution in [-0.4, -0.2) is 11.6 Å². The number of hydrogen-bond acceptors (Lipinski definition) is 4. The van der Waals surface area contributed by atoms with E-state index in [0.29, 0.717) is 12.1 Å². The second kappa shape index (κ2) is 5.29. The number of hydrogen-bond donors (Lipinski definition) is 2. The average molecular weight is 236 g/mol. The maximum atomic E-state index is 12.0. The molecule has 0 aromatic heterocycles.